The molecule has 0 atom stereocenters. The van der Waals surface area contributed by atoms with Crippen molar-refractivity contribution in [2.75, 3.05) is 6.61 Å². The van der Waals surface area contributed by atoms with Gasteiger partial charge in [0.15, 0.2) is 6.61 Å². The van der Waals surface area contributed by atoms with Gasteiger partial charge in [-0.3, -0.25) is 4.79 Å². The molecule has 4 nitrogen and oxygen atoms in total. The Morgan fingerprint density at radius 1 is 1.17 bits per heavy atom. The van der Waals surface area contributed by atoms with Crippen LogP contribution in [0.4, 0.5) is 4.39 Å². The highest BCUT2D eigenvalue weighted by atomic mass is 19.1. The van der Waals surface area contributed by atoms with Gasteiger partial charge < -0.3 is 9.72 Å². The third-order valence-corrected chi connectivity index (χ3v) is 2.33. The van der Waals surface area contributed by atoms with Crippen LogP contribution in [0.25, 0.3) is 0 Å². The molecule has 1 aromatic heterocycles. The Labute approximate surface area is 102 Å². The van der Waals surface area contributed by atoms with E-state index in [4.69, 9.17) is 4.74 Å². The number of ketones is 1. The van der Waals surface area contributed by atoms with Gasteiger partial charge in [-0.1, -0.05) is 12.1 Å². The summed E-state index contributed by atoms with van der Waals surface area (Å²) in [5.41, 5.74) is 0.160. The third kappa shape index (κ3) is 2.63. The van der Waals surface area contributed by atoms with Gasteiger partial charge >= 0.3 is 5.97 Å². The van der Waals surface area contributed by atoms with Crippen LogP contribution < -0.4 is 0 Å². The SMILES string of the molecule is O=C(COC(=O)c1ccccc1F)c1ccc[nH]1. The van der Waals surface area contributed by atoms with Gasteiger partial charge in [-0.15, -0.1) is 0 Å². The first-order valence-electron chi connectivity index (χ1n) is 5.26. The highest BCUT2D eigenvalue weighted by Crippen LogP contribution is 2.08. The molecule has 2 aromatic rings. The number of ether oxygens (including phenoxy) is 1. The fraction of sp³-hybridized carbons (Fsp3) is 0.0769. The van der Waals surface area contributed by atoms with Crippen LogP contribution in [0.15, 0.2) is 42.6 Å². The standard InChI is InChI=1S/C13H10FNO3/c14-10-5-2-1-4-9(10)13(17)18-8-12(16)11-6-3-7-15-11/h1-7,15H,8H2. The van der Waals surface area contributed by atoms with Gasteiger partial charge in [0.05, 0.1) is 11.3 Å². The molecule has 92 valence electrons. The van der Waals surface area contributed by atoms with Gasteiger partial charge in [0, 0.05) is 6.20 Å². The lowest BCUT2D eigenvalue weighted by Crippen LogP contribution is -2.15. The number of aromatic amines is 1. The molecule has 5 heteroatoms. The van der Waals surface area contributed by atoms with Gasteiger partial charge in [0.2, 0.25) is 5.78 Å². The highest BCUT2D eigenvalue weighted by molar-refractivity contribution is 5.98. The van der Waals surface area contributed by atoms with Crippen molar-refractivity contribution in [2.45, 2.75) is 0 Å². The van der Waals surface area contributed by atoms with E-state index in [-0.39, 0.29) is 11.3 Å². The topological polar surface area (TPSA) is 59.2 Å². The lowest BCUT2D eigenvalue weighted by Gasteiger charge is -2.04. The van der Waals surface area contributed by atoms with Gasteiger partial charge in [0.1, 0.15) is 5.82 Å². The van der Waals surface area contributed by atoms with Crippen LogP contribution in [-0.2, 0) is 4.74 Å². The molecule has 1 heterocycles. The second-order valence-corrected chi connectivity index (χ2v) is 3.56. The predicted molar refractivity (Wildman–Crippen MR) is 61.8 cm³/mol. The van der Waals surface area contributed by atoms with E-state index in [1.807, 2.05) is 0 Å². The fourth-order valence-corrected chi connectivity index (χ4v) is 1.42. The van der Waals surface area contributed by atoms with Crippen LogP contribution in [0.5, 0.6) is 0 Å². The number of nitrogens with one attached hydrogen (secondary N) is 1. The molecule has 18 heavy (non-hydrogen) atoms. The van der Waals surface area contributed by atoms with E-state index in [1.54, 1.807) is 18.3 Å². The molecule has 2 rings (SSSR count). The number of rotatable bonds is 4. The molecule has 0 unspecified atom stereocenters. The van der Waals surface area contributed by atoms with Crippen LogP contribution in [0.1, 0.15) is 20.8 Å². The molecule has 0 aliphatic rings. The first kappa shape index (κ1) is 12.0. The van der Waals surface area contributed by atoms with Gasteiger partial charge in [0.25, 0.3) is 0 Å². The van der Waals surface area contributed by atoms with Crippen LogP contribution >= 0.6 is 0 Å². The number of hydrogen-bond donors (Lipinski definition) is 1. The molecule has 0 saturated carbocycles. The summed E-state index contributed by atoms with van der Waals surface area (Å²) in [6, 6.07) is 8.67. The molecule has 0 fully saturated rings. The van der Waals surface area contributed by atoms with Crippen molar-refractivity contribution in [1.29, 1.82) is 0 Å². The first-order valence-corrected chi connectivity index (χ1v) is 5.26. The van der Waals surface area contributed by atoms with Crippen LogP contribution in [-0.4, -0.2) is 23.3 Å². The molecule has 0 bridgehead atoms. The van der Waals surface area contributed by atoms with Gasteiger partial charge in [-0.05, 0) is 24.3 Å². The minimum Gasteiger partial charge on any atom is -0.454 e. The second-order valence-electron chi connectivity index (χ2n) is 3.56. The van der Waals surface area contributed by atoms with E-state index in [1.165, 1.54) is 18.2 Å². The maximum atomic E-state index is 13.2. The zero-order chi connectivity index (χ0) is 13.0. The number of halogens is 1. The largest absolute Gasteiger partial charge is 0.454 e. The van der Waals surface area contributed by atoms with Crippen molar-refractivity contribution in [3.8, 4) is 0 Å². The molecule has 0 radical (unpaired) electrons. The molecule has 0 saturated heterocycles. The molecule has 0 amide bonds. The summed E-state index contributed by atoms with van der Waals surface area (Å²) in [6.07, 6.45) is 1.59. The van der Waals surface area contributed by atoms with Crippen LogP contribution in [0.2, 0.25) is 0 Å². The Morgan fingerprint density at radius 3 is 2.61 bits per heavy atom. The summed E-state index contributed by atoms with van der Waals surface area (Å²) < 4.78 is 18.0. The first-order chi connectivity index (χ1) is 8.68. The Bertz CT molecular complexity index is 563. The van der Waals surface area contributed by atoms with E-state index in [0.29, 0.717) is 5.69 Å². The van der Waals surface area contributed by atoms with Crippen LogP contribution in [0, 0.1) is 5.82 Å². The van der Waals surface area contributed by atoms with Crippen molar-refractivity contribution in [1.82, 2.24) is 4.98 Å². The Kier molecular flexibility index (Phi) is 3.52. The zero-order valence-electron chi connectivity index (χ0n) is 9.35. The highest BCUT2D eigenvalue weighted by Gasteiger charge is 2.15. The minimum absolute atomic E-state index is 0.184. The summed E-state index contributed by atoms with van der Waals surface area (Å²) in [5, 5.41) is 0. The van der Waals surface area contributed by atoms with E-state index in [2.05, 4.69) is 4.98 Å². The zero-order valence-corrected chi connectivity index (χ0v) is 9.35. The Hall–Kier alpha value is -2.43. The summed E-state index contributed by atoms with van der Waals surface area (Å²) in [6.45, 7) is -0.423. The average molecular weight is 247 g/mol. The predicted octanol–water partition coefficient (Wildman–Crippen LogP) is 2.19. The number of esters is 1. The maximum Gasteiger partial charge on any atom is 0.341 e. The molecule has 1 aromatic carbocycles. The molecule has 0 aliphatic heterocycles. The summed E-state index contributed by atoms with van der Waals surface area (Å²) in [7, 11) is 0. The number of carbonyl (C=O) groups excluding carboxylic acids is 2. The van der Waals surface area contributed by atoms with Crippen molar-refractivity contribution in [3.05, 3.63) is 59.7 Å². The summed E-state index contributed by atoms with van der Waals surface area (Å²) in [5.74, 6) is -1.90. The average Bonchev–Trinajstić information content (AvgIpc) is 2.90. The lowest BCUT2D eigenvalue weighted by molar-refractivity contribution is 0.0469. The Morgan fingerprint density at radius 2 is 1.94 bits per heavy atom. The van der Waals surface area contributed by atoms with E-state index in [0.717, 1.165) is 6.07 Å². The Balaban J connectivity index is 1.97. The normalized spacial score (nSPS) is 10.1. The van der Waals surface area contributed by atoms with Crippen molar-refractivity contribution >= 4 is 11.8 Å². The van der Waals surface area contributed by atoms with Gasteiger partial charge in [-0.2, -0.15) is 0 Å². The fourth-order valence-electron chi connectivity index (χ4n) is 1.42. The smallest absolute Gasteiger partial charge is 0.341 e. The second kappa shape index (κ2) is 5.27. The molecular formula is C13H10FNO3. The number of benzene rings is 1. The monoisotopic (exact) mass is 247 g/mol. The molecule has 1 N–H and O–H groups in total. The van der Waals surface area contributed by atoms with E-state index in [9.17, 15) is 14.0 Å². The number of hydrogen-bond acceptors (Lipinski definition) is 3. The number of Topliss-reactive ketones (excluding diaryl/α,β-unsaturated/α-hetero) is 1. The van der Waals surface area contributed by atoms with Crippen molar-refractivity contribution in [3.63, 3.8) is 0 Å². The minimum atomic E-state index is -0.854. The third-order valence-electron chi connectivity index (χ3n) is 2.33. The van der Waals surface area contributed by atoms with Crippen LogP contribution in [0.3, 0.4) is 0 Å². The summed E-state index contributed by atoms with van der Waals surface area (Å²) >= 11 is 0. The quantitative estimate of drug-likeness (QED) is 0.665. The van der Waals surface area contributed by atoms with Crippen molar-refractivity contribution < 1.29 is 18.7 Å². The maximum absolute atomic E-state index is 13.2. The summed E-state index contributed by atoms with van der Waals surface area (Å²) in [4.78, 5) is 25.7. The van der Waals surface area contributed by atoms with E-state index >= 15 is 0 Å². The molecule has 0 spiro atoms. The number of aromatic nitrogens is 1. The van der Waals surface area contributed by atoms with Crippen molar-refractivity contribution in [2.24, 2.45) is 0 Å². The van der Waals surface area contributed by atoms with Gasteiger partial charge in [-0.25, -0.2) is 9.18 Å². The number of H-pyrrole nitrogens is 1. The van der Waals surface area contributed by atoms with E-state index < -0.39 is 18.4 Å². The molecular weight excluding hydrogens is 237 g/mol. The molecule has 0 aliphatic carbocycles. The lowest BCUT2D eigenvalue weighted by atomic mass is 10.2. The number of carbonyl (C=O) groups is 2.